The highest BCUT2D eigenvalue weighted by Crippen LogP contribution is 2.35. The van der Waals surface area contributed by atoms with Gasteiger partial charge in [-0.15, -0.1) is 11.3 Å². The lowest BCUT2D eigenvalue weighted by atomic mass is 10.0. The van der Waals surface area contributed by atoms with Crippen LogP contribution in [-0.2, 0) is 4.74 Å². The molecule has 6 nitrogen and oxygen atoms in total. The highest BCUT2D eigenvalue weighted by molar-refractivity contribution is 7.18. The molecule has 0 spiro atoms. The molecule has 0 radical (unpaired) electrons. The van der Waals surface area contributed by atoms with E-state index >= 15 is 0 Å². The van der Waals surface area contributed by atoms with Gasteiger partial charge in [0.1, 0.15) is 16.4 Å². The maximum atomic E-state index is 5.68. The summed E-state index contributed by atoms with van der Waals surface area (Å²) >= 11 is 1.61. The van der Waals surface area contributed by atoms with Gasteiger partial charge in [-0.05, 0) is 44.4 Å². The highest BCUT2D eigenvalue weighted by atomic mass is 32.1. The highest BCUT2D eigenvalue weighted by Gasteiger charge is 2.22. The number of fused-ring (bicyclic) bond motifs is 1. The predicted molar refractivity (Wildman–Crippen MR) is 118 cm³/mol. The van der Waals surface area contributed by atoms with Crippen molar-refractivity contribution in [3.63, 3.8) is 0 Å². The average molecular weight is 408 g/mol. The zero-order valence-corrected chi connectivity index (χ0v) is 17.8. The molecule has 0 unspecified atom stereocenters. The SMILES string of the molecule is CC(C)OCC/C=C1\CCN(C)c2ncc(-c3cnc(-c4cccnc4)s3)nc21. The fourth-order valence-electron chi connectivity index (χ4n) is 3.26. The molecule has 0 N–H and O–H groups in total. The lowest BCUT2D eigenvalue weighted by molar-refractivity contribution is 0.0826. The summed E-state index contributed by atoms with van der Waals surface area (Å²) in [5, 5.41) is 0.936. The molecule has 0 aromatic carbocycles. The Labute approximate surface area is 175 Å². The van der Waals surface area contributed by atoms with E-state index in [1.165, 1.54) is 5.57 Å². The van der Waals surface area contributed by atoms with E-state index in [9.17, 15) is 0 Å². The van der Waals surface area contributed by atoms with Crippen LogP contribution in [0, 0.1) is 0 Å². The monoisotopic (exact) mass is 407 g/mol. The third-order valence-corrected chi connectivity index (χ3v) is 5.83. The lowest BCUT2D eigenvalue weighted by Crippen LogP contribution is -2.26. The Morgan fingerprint density at radius 1 is 1.24 bits per heavy atom. The quantitative estimate of drug-likeness (QED) is 0.552. The van der Waals surface area contributed by atoms with E-state index in [-0.39, 0.29) is 6.10 Å². The fourth-order valence-corrected chi connectivity index (χ4v) is 4.12. The van der Waals surface area contributed by atoms with E-state index in [1.54, 1.807) is 17.5 Å². The number of hydrogen-bond acceptors (Lipinski definition) is 7. The molecule has 0 saturated carbocycles. The molecule has 3 aromatic heterocycles. The summed E-state index contributed by atoms with van der Waals surface area (Å²) in [6.45, 7) is 5.79. The molecule has 29 heavy (non-hydrogen) atoms. The van der Waals surface area contributed by atoms with E-state index in [0.717, 1.165) is 58.6 Å². The van der Waals surface area contributed by atoms with Crippen LogP contribution in [0.25, 0.3) is 26.7 Å². The van der Waals surface area contributed by atoms with Gasteiger partial charge in [0.2, 0.25) is 0 Å². The first kappa shape index (κ1) is 19.7. The van der Waals surface area contributed by atoms with Gasteiger partial charge in [0, 0.05) is 37.7 Å². The number of nitrogens with zero attached hydrogens (tertiary/aromatic N) is 5. The molecule has 0 bridgehead atoms. The zero-order valence-electron chi connectivity index (χ0n) is 17.0. The van der Waals surface area contributed by atoms with E-state index < -0.39 is 0 Å². The minimum Gasteiger partial charge on any atom is -0.378 e. The first-order chi connectivity index (χ1) is 14.1. The predicted octanol–water partition coefficient (Wildman–Crippen LogP) is 4.70. The van der Waals surface area contributed by atoms with Crippen molar-refractivity contribution in [3.8, 4) is 21.1 Å². The summed E-state index contributed by atoms with van der Waals surface area (Å²) in [5.41, 5.74) is 4.09. The Morgan fingerprint density at radius 3 is 2.93 bits per heavy atom. The van der Waals surface area contributed by atoms with Gasteiger partial charge in [0.25, 0.3) is 0 Å². The number of pyridine rings is 1. The first-order valence-corrected chi connectivity index (χ1v) is 10.7. The van der Waals surface area contributed by atoms with Gasteiger partial charge in [-0.2, -0.15) is 0 Å². The van der Waals surface area contributed by atoms with Crippen LogP contribution < -0.4 is 4.90 Å². The van der Waals surface area contributed by atoms with Crippen LogP contribution in [0.15, 0.2) is 43.0 Å². The topological polar surface area (TPSA) is 64.0 Å². The third kappa shape index (κ3) is 4.52. The molecule has 0 atom stereocenters. The Kier molecular flexibility index (Phi) is 5.97. The number of ether oxygens (including phenoxy) is 1. The van der Waals surface area contributed by atoms with Gasteiger partial charge >= 0.3 is 0 Å². The molecule has 1 aliphatic heterocycles. The van der Waals surface area contributed by atoms with E-state index in [1.807, 2.05) is 30.7 Å². The second-order valence-electron chi connectivity index (χ2n) is 7.31. The molecular weight excluding hydrogens is 382 g/mol. The number of hydrogen-bond donors (Lipinski definition) is 0. The zero-order chi connectivity index (χ0) is 20.2. The molecule has 3 aromatic rings. The number of aromatic nitrogens is 4. The maximum Gasteiger partial charge on any atom is 0.154 e. The summed E-state index contributed by atoms with van der Waals surface area (Å²) < 4.78 is 5.68. The maximum absolute atomic E-state index is 5.68. The molecule has 0 saturated heterocycles. The van der Waals surface area contributed by atoms with Crippen LogP contribution in [0.4, 0.5) is 5.82 Å². The van der Waals surface area contributed by atoms with Crippen molar-refractivity contribution in [1.29, 1.82) is 0 Å². The average Bonchev–Trinajstić information content (AvgIpc) is 3.23. The second-order valence-corrected chi connectivity index (χ2v) is 8.34. The lowest BCUT2D eigenvalue weighted by Gasteiger charge is -2.27. The molecular formula is C22H25N5OS. The molecule has 0 aliphatic carbocycles. The van der Waals surface area contributed by atoms with Crippen LogP contribution >= 0.6 is 11.3 Å². The minimum absolute atomic E-state index is 0.255. The van der Waals surface area contributed by atoms with E-state index in [4.69, 9.17) is 14.7 Å². The van der Waals surface area contributed by atoms with Gasteiger partial charge in [-0.3, -0.25) is 4.98 Å². The van der Waals surface area contributed by atoms with Gasteiger partial charge < -0.3 is 9.64 Å². The van der Waals surface area contributed by atoms with Gasteiger partial charge in [0.05, 0.1) is 23.8 Å². The summed E-state index contributed by atoms with van der Waals surface area (Å²) in [7, 11) is 2.07. The largest absolute Gasteiger partial charge is 0.378 e. The van der Waals surface area contributed by atoms with Gasteiger partial charge in [-0.1, -0.05) is 6.08 Å². The van der Waals surface area contributed by atoms with E-state index in [0.29, 0.717) is 0 Å². The van der Waals surface area contributed by atoms with Crippen LogP contribution in [0.3, 0.4) is 0 Å². The second kappa shape index (κ2) is 8.80. The molecule has 4 rings (SSSR count). The molecule has 0 fully saturated rings. The fraction of sp³-hybridized carbons (Fsp3) is 0.364. The molecule has 1 aliphatic rings. The minimum atomic E-state index is 0.255. The van der Waals surface area contributed by atoms with Crippen LogP contribution in [0.5, 0.6) is 0 Å². The van der Waals surface area contributed by atoms with Crippen LogP contribution in [0.1, 0.15) is 32.4 Å². The van der Waals surface area contributed by atoms with Crippen molar-refractivity contribution in [2.24, 2.45) is 0 Å². The first-order valence-electron chi connectivity index (χ1n) is 9.87. The van der Waals surface area contributed by atoms with Crippen LogP contribution in [0.2, 0.25) is 0 Å². The van der Waals surface area contributed by atoms with Crippen LogP contribution in [-0.4, -0.2) is 46.2 Å². The summed E-state index contributed by atoms with van der Waals surface area (Å²) in [6, 6.07) is 3.94. The summed E-state index contributed by atoms with van der Waals surface area (Å²) in [5.74, 6) is 0.938. The number of anilines is 1. The van der Waals surface area contributed by atoms with Crippen molar-refractivity contribution in [2.45, 2.75) is 32.8 Å². The molecule has 0 amide bonds. The number of rotatable bonds is 6. The summed E-state index contributed by atoms with van der Waals surface area (Å²) in [4.78, 5) is 21.6. The van der Waals surface area contributed by atoms with Crippen molar-refractivity contribution in [2.75, 3.05) is 25.1 Å². The molecule has 7 heteroatoms. The van der Waals surface area contributed by atoms with Crippen molar-refractivity contribution in [3.05, 3.63) is 48.7 Å². The van der Waals surface area contributed by atoms with Gasteiger partial charge in [0.15, 0.2) is 5.82 Å². The number of thiazole rings is 1. The third-order valence-electron chi connectivity index (χ3n) is 4.76. The standard InChI is InChI=1S/C22H25N5OS/c1-15(2)28-11-5-7-16-8-10-27(3)21-20(16)26-18(13-24-21)19-14-25-22(29-19)17-6-4-9-23-12-17/h4,6-7,9,12-15H,5,8,10-11H2,1-3H3/b16-7+. The smallest absolute Gasteiger partial charge is 0.154 e. The summed E-state index contributed by atoms with van der Waals surface area (Å²) in [6.07, 6.45) is 11.7. The Bertz CT molecular complexity index is 999. The van der Waals surface area contributed by atoms with Gasteiger partial charge in [-0.25, -0.2) is 15.0 Å². The molecule has 4 heterocycles. The van der Waals surface area contributed by atoms with Crippen molar-refractivity contribution in [1.82, 2.24) is 19.9 Å². The normalized spacial score (nSPS) is 15.2. The molecule has 150 valence electrons. The Morgan fingerprint density at radius 2 is 2.14 bits per heavy atom. The Balaban J connectivity index is 1.62. The Hall–Kier alpha value is -2.64. The van der Waals surface area contributed by atoms with E-state index in [2.05, 4.69) is 41.8 Å². The van der Waals surface area contributed by atoms with Crippen molar-refractivity contribution < 1.29 is 4.74 Å². The van der Waals surface area contributed by atoms with Crippen molar-refractivity contribution >= 4 is 22.7 Å².